The van der Waals surface area contributed by atoms with Gasteiger partial charge < -0.3 is 14.6 Å². The van der Waals surface area contributed by atoms with Crippen molar-refractivity contribution in [2.24, 2.45) is 0 Å². The summed E-state index contributed by atoms with van der Waals surface area (Å²) in [6.07, 6.45) is 4.93. The minimum Gasteiger partial charge on any atom is -0.380 e. The van der Waals surface area contributed by atoms with E-state index in [9.17, 15) is 0 Å². The lowest BCUT2D eigenvalue weighted by Crippen LogP contribution is -2.07. The van der Waals surface area contributed by atoms with Crippen molar-refractivity contribution in [3.05, 3.63) is 48.0 Å². The minimum atomic E-state index is 0.642. The molecule has 2 rings (SSSR count). The van der Waals surface area contributed by atoms with Crippen LogP contribution in [0.15, 0.2) is 36.8 Å². The molecule has 0 aliphatic heterocycles. The maximum Gasteiger partial charge on any atom is 0.0948 e. The monoisotopic (exact) mass is 259 g/mol. The van der Waals surface area contributed by atoms with Crippen LogP contribution < -0.4 is 5.32 Å². The third kappa shape index (κ3) is 3.83. The first-order chi connectivity index (χ1) is 9.33. The average molecular weight is 259 g/mol. The summed E-state index contributed by atoms with van der Waals surface area (Å²) in [6.45, 7) is 4.62. The fraction of sp³-hybridized carbons (Fsp3) is 0.400. The quantitative estimate of drug-likeness (QED) is 0.830. The number of aryl methyl sites for hydroxylation is 1. The Morgan fingerprint density at radius 2 is 2.26 bits per heavy atom. The van der Waals surface area contributed by atoms with Crippen molar-refractivity contribution in [3.63, 3.8) is 0 Å². The highest BCUT2D eigenvalue weighted by atomic mass is 16.5. The van der Waals surface area contributed by atoms with Crippen LogP contribution in [0.3, 0.4) is 0 Å². The molecule has 1 heterocycles. The van der Waals surface area contributed by atoms with Crippen molar-refractivity contribution < 1.29 is 4.74 Å². The molecule has 0 saturated heterocycles. The van der Waals surface area contributed by atoms with Gasteiger partial charge in [0.25, 0.3) is 0 Å². The maximum atomic E-state index is 5.14. The number of nitrogens with zero attached hydrogens (tertiary/aromatic N) is 2. The van der Waals surface area contributed by atoms with Crippen molar-refractivity contribution in [2.45, 2.75) is 33.0 Å². The first-order valence-corrected chi connectivity index (χ1v) is 6.64. The standard InChI is InChI=1S/C15H21N3O/c1-3-7-18-12-16-9-15(18)10-17-14-6-4-5-13(8-14)11-19-2/h4-6,8-9,12,17H,3,7,10-11H2,1-2H3. The predicted octanol–water partition coefficient (Wildman–Crippen LogP) is 3.05. The van der Waals surface area contributed by atoms with Crippen LogP contribution in [0.2, 0.25) is 0 Å². The molecule has 0 atom stereocenters. The molecule has 0 saturated carbocycles. The Morgan fingerprint density at radius 1 is 1.37 bits per heavy atom. The third-order valence-corrected chi connectivity index (χ3v) is 2.97. The minimum absolute atomic E-state index is 0.642. The lowest BCUT2D eigenvalue weighted by Gasteiger charge is -2.10. The van der Waals surface area contributed by atoms with Crippen molar-refractivity contribution >= 4 is 5.69 Å². The predicted molar refractivity (Wildman–Crippen MR) is 77.0 cm³/mol. The summed E-state index contributed by atoms with van der Waals surface area (Å²) in [5.74, 6) is 0. The molecule has 0 unspecified atom stereocenters. The molecule has 0 aliphatic carbocycles. The van der Waals surface area contributed by atoms with Crippen LogP contribution in [0.5, 0.6) is 0 Å². The van der Waals surface area contributed by atoms with Crippen LogP contribution >= 0.6 is 0 Å². The Balaban J connectivity index is 1.97. The van der Waals surface area contributed by atoms with Crippen LogP contribution in [0.1, 0.15) is 24.6 Å². The number of hydrogen-bond acceptors (Lipinski definition) is 3. The number of ether oxygens (including phenoxy) is 1. The Bertz CT molecular complexity index is 508. The second-order valence-corrected chi connectivity index (χ2v) is 4.57. The maximum absolute atomic E-state index is 5.14. The number of anilines is 1. The van der Waals surface area contributed by atoms with Crippen LogP contribution in [0, 0.1) is 0 Å². The molecule has 2 aromatic rings. The molecule has 0 amide bonds. The smallest absolute Gasteiger partial charge is 0.0948 e. The van der Waals surface area contributed by atoms with Gasteiger partial charge in [0.05, 0.1) is 25.2 Å². The highest BCUT2D eigenvalue weighted by Gasteiger charge is 2.01. The molecule has 1 N–H and O–H groups in total. The van der Waals surface area contributed by atoms with Gasteiger partial charge in [-0.25, -0.2) is 4.98 Å². The number of benzene rings is 1. The molecular weight excluding hydrogens is 238 g/mol. The van der Waals surface area contributed by atoms with E-state index >= 15 is 0 Å². The summed E-state index contributed by atoms with van der Waals surface area (Å²) >= 11 is 0. The zero-order chi connectivity index (χ0) is 13.5. The zero-order valence-electron chi connectivity index (χ0n) is 11.6. The molecule has 102 valence electrons. The summed E-state index contributed by atoms with van der Waals surface area (Å²) in [6, 6.07) is 8.29. The topological polar surface area (TPSA) is 39.1 Å². The third-order valence-electron chi connectivity index (χ3n) is 2.97. The summed E-state index contributed by atoms with van der Waals surface area (Å²) < 4.78 is 7.33. The second-order valence-electron chi connectivity index (χ2n) is 4.57. The Morgan fingerprint density at radius 3 is 3.05 bits per heavy atom. The van der Waals surface area contributed by atoms with E-state index in [1.165, 1.54) is 11.3 Å². The first-order valence-electron chi connectivity index (χ1n) is 6.64. The Hall–Kier alpha value is -1.81. The Kier molecular flexibility index (Phi) is 4.98. The van der Waals surface area contributed by atoms with Crippen LogP contribution in [-0.2, 0) is 24.4 Å². The van der Waals surface area contributed by atoms with Gasteiger partial charge in [0.1, 0.15) is 0 Å². The van der Waals surface area contributed by atoms with E-state index < -0.39 is 0 Å². The summed E-state index contributed by atoms with van der Waals surface area (Å²) in [5, 5.41) is 3.43. The number of nitrogens with one attached hydrogen (secondary N) is 1. The summed E-state index contributed by atoms with van der Waals surface area (Å²) in [7, 11) is 1.71. The lowest BCUT2D eigenvalue weighted by molar-refractivity contribution is 0.185. The normalized spacial score (nSPS) is 10.6. The van der Waals surface area contributed by atoms with E-state index in [4.69, 9.17) is 4.74 Å². The van der Waals surface area contributed by atoms with Gasteiger partial charge in [-0.15, -0.1) is 0 Å². The van der Waals surface area contributed by atoms with Crippen molar-refractivity contribution in [1.29, 1.82) is 0 Å². The molecular formula is C15H21N3O. The van der Waals surface area contributed by atoms with Crippen molar-refractivity contribution in [1.82, 2.24) is 9.55 Å². The first kappa shape index (κ1) is 13.6. The molecule has 1 aromatic heterocycles. The number of hydrogen-bond donors (Lipinski definition) is 1. The zero-order valence-corrected chi connectivity index (χ0v) is 11.6. The fourth-order valence-electron chi connectivity index (χ4n) is 2.07. The molecule has 1 aromatic carbocycles. The van der Waals surface area contributed by atoms with Gasteiger partial charge >= 0.3 is 0 Å². The van der Waals surface area contributed by atoms with Crippen LogP contribution in [-0.4, -0.2) is 16.7 Å². The highest BCUT2D eigenvalue weighted by molar-refractivity contribution is 5.45. The SMILES string of the molecule is CCCn1cncc1CNc1cccc(COC)c1. The average Bonchev–Trinajstić information content (AvgIpc) is 2.85. The number of aromatic nitrogens is 2. The highest BCUT2D eigenvalue weighted by Crippen LogP contribution is 2.13. The molecule has 4 heteroatoms. The van der Waals surface area contributed by atoms with Gasteiger partial charge in [-0.3, -0.25) is 0 Å². The lowest BCUT2D eigenvalue weighted by atomic mass is 10.2. The largest absolute Gasteiger partial charge is 0.380 e. The van der Waals surface area contributed by atoms with Gasteiger partial charge in [-0.05, 0) is 24.1 Å². The molecule has 0 spiro atoms. The summed E-state index contributed by atoms with van der Waals surface area (Å²) in [4.78, 5) is 4.20. The summed E-state index contributed by atoms with van der Waals surface area (Å²) in [5.41, 5.74) is 3.49. The molecule has 0 radical (unpaired) electrons. The van der Waals surface area contributed by atoms with E-state index in [1.54, 1.807) is 7.11 Å². The number of imidazole rings is 1. The van der Waals surface area contributed by atoms with Crippen LogP contribution in [0.4, 0.5) is 5.69 Å². The van der Waals surface area contributed by atoms with E-state index in [0.29, 0.717) is 6.61 Å². The second kappa shape index (κ2) is 6.95. The van der Waals surface area contributed by atoms with Gasteiger partial charge in [0, 0.05) is 25.5 Å². The number of rotatable bonds is 7. The number of methoxy groups -OCH3 is 1. The fourth-order valence-corrected chi connectivity index (χ4v) is 2.07. The van der Waals surface area contributed by atoms with Crippen molar-refractivity contribution in [2.75, 3.05) is 12.4 Å². The molecule has 4 nitrogen and oxygen atoms in total. The van der Waals surface area contributed by atoms with Gasteiger partial charge in [-0.1, -0.05) is 19.1 Å². The van der Waals surface area contributed by atoms with E-state index in [-0.39, 0.29) is 0 Å². The van der Waals surface area contributed by atoms with Crippen LogP contribution in [0.25, 0.3) is 0 Å². The van der Waals surface area contributed by atoms with E-state index in [2.05, 4.69) is 40.0 Å². The molecule has 0 bridgehead atoms. The van der Waals surface area contributed by atoms with Gasteiger partial charge in [-0.2, -0.15) is 0 Å². The van der Waals surface area contributed by atoms with Gasteiger partial charge in [0.15, 0.2) is 0 Å². The molecule has 19 heavy (non-hydrogen) atoms. The van der Waals surface area contributed by atoms with Crippen molar-refractivity contribution in [3.8, 4) is 0 Å². The van der Waals surface area contributed by atoms with E-state index in [1.807, 2.05) is 18.6 Å². The van der Waals surface area contributed by atoms with E-state index in [0.717, 1.165) is 25.2 Å². The Labute approximate surface area is 114 Å². The molecule has 0 fully saturated rings. The van der Waals surface area contributed by atoms with Gasteiger partial charge in [0.2, 0.25) is 0 Å². The molecule has 0 aliphatic rings.